The van der Waals surface area contributed by atoms with E-state index in [-0.39, 0.29) is 16.0 Å². The Morgan fingerprint density at radius 2 is 1.71 bits per heavy atom. The first-order valence-corrected chi connectivity index (χ1v) is 10.8. The van der Waals surface area contributed by atoms with Gasteiger partial charge in [0.15, 0.2) is 0 Å². The van der Waals surface area contributed by atoms with E-state index >= 15 is 0 Å². The van der Waals surface area contributed by atoms with Crippen LogP contribution in [0.25, 0.3) is 0 Å². The Morgan fingerprint density at radius 3 is 2.39 bits per heavy atom. The summed E-state index contributed by atoms with van der Waals surface area (Å²) in [7, 11) is -4.09. The van der Waals surface area contributed by atoms with Crippen molar-refractivity contribution in [3.63, 3.8) is 0 Å². The molecular formula is C20H18N2O4S2. The van der Waals surface area contributed by atoms with E-state index in [2.05, 4.69) is 5.32 Å². The van der Waals surface area contributed by atoms with E-state index in [0.717, 1.165) is 11.1 Å². The van der Waals surface area contributed by atoms with Crippen molar-refractivity contribution in [2.75, 3.05) is 0 Å². The summed E-state index contributed by atoms with van der Waals surface area (Å²) >= 11 is 1.29. The molecule has 0 spiro atoms. The Balaban J connectivity index is 1.71. The molecule has 2 amide bonds. The Hall–Kier alpha value is -2.97. The van der Waals surface area contributed by atoms with E-state index in [1.807, 2.05) is 35.9 Å². The molecule has 0 aliphatic rings. The van der Waals surface area contributed by atoms with Crippen LogP contribution >= 0.6 is 11.3 Å². The number of carbonyl (C=O) groups is 2. The number of benzene rings is 2. The molecule has 0 unspecified atom stereocenters. The number of nitrogens with one attached hydrogen (secondary N) is 2. The van der Waals surface area contributed by atoms with Crippen molar-refractivity contribution < 1.29 is 18.0 Å². The van der Waals surface area contributed by atoms with Crippen LogP contribution in [0, 0.1) is 6.92 Å². The van der Waals surface area contributed by atoms with Gasteiger partial charge in [-0.2, -0.15) is 11.3 Å². The molecule has 0 aliphatic heterocycles. The molecule has 8 heteroatoms. The fraction of sp³-hybridized carbons (Fsp3) is 0.100. The molecule has 0 aliphatic carbocycles. The van der Waals surface area contributed by atoms with Gasteiger partial charge in [-0.15, -0.1) is 0 Å². The summed E-state index contributed by atoms with van der Waals surface area (Å²) in [5.74, 6) is -1.11. The van der Waals surface area contributed by atoms with Crippen LogP contribution in [0.3, 0.4) is 0 Å². The number of aryl methyl sites for hydroxylation is 1. The predicted molar refractivity (Wildman–Crippen MR) is 108 cm³/mol. The van der Waals surface area contributed by atoms with Crippen molar-refractivity contribution >= 4 is 33.2 Å². The van der Waals surface area contributed by atoms with E-state index in [0.29, 0.717) is 6.54 Å². The highest BCUT2D eigenvalue weighted by Gasteiger charge is 2.20. The fourth-order valence-corrected chi connectivity index (χ4v) is 4.08. The average Bonchev–Trinajstić information content (AvgIpc) is 3.22. The third kappa shape index (κ3) is 4.85. The molecule has 6 nitrogen and oxygen atoms in total. The first-order valence-electron chi connectivity index (χ1n) is 8.38. The normalized spacial score (nSPS) is 11.0. The third-order valence-corrected chi connectivity index (χ3v) is 6.00. The topological polar surface area (TPSA) is 92.3 Å². The molecule has 0 saturated carbocycles. The number of thiophene rings is 1. The van der Waals surface area contributed by atoms with Gasteiger partial charge in [-0.05, 0) is 42.1 Å². The SMILES string of the molecule is Cc1ccc(CNC(=O)c2cccc(S(=O)(=O)NC(=O)c3ccsc3)c2)cc1. The molecule has 0 saturated heterocycles. The maximum atomic E-state index is 12.5. The van der Waals surface area contributed by atoms with E-state index in [1.54, 1.807) is 10.8 Å². The largest absolute Gasteiger partial charge is 0.348 e. The highest BCUT2D eigenvalue weighted by Crippen LogP contribution is 2.14. The standard InChI is InChI=1S/C20H18N2O4S2/c1-14-5-7-15(8-6-14)12-21-19(23)16-3-2-4-18(11-16)28(25,26)22-20(24)17-9-10-27-13-17/h2-11,13H,12H2,1H3,(H,21,23)(H,22,24). The molecule has 0 fully saturated rings. The monoisotopic (exact) mass is 414 g/mol. The van der Waals surface area contributed by atoms with Crippen LogP contribution in [0.15, 0.2) is 70.3 Å². The second-order valence-corrected chi connectivity index (χ2v) is 8.61. The summed E-state index contributed by atoms with van der Waals surface area (Å²) in [6.45, 7) is 2.30. The molecule has 28 heavy (non-hydrogen) atoms. The Bertz CT molecular complexity index is 1090. The summed E-state index contributed by atoms with van der Waals surface area (Å²) in [4.78, 5) is 24.3. The second-order valence-electron chi connectivity index (χ2n) is 6.14. The molecule has 1 heterocycles. The van der Waals surface area contributed by atoms with Crippen molar-refractivity contribution in [2.24, 2.45) is 0 Å². The number of hydrogen-bond acceptors (Lipinski definition) is 5. The maximum Gasteiger partial charge on any atom is 0.265 e. The van der Waals surface area contributed by atoms with E-state index in [4.69, 9.17) is 0 Å². The van der Waals surface area contributed by atoms with Crippen LogP contribution in [-0.4, -0.2) is 20.2 Å². The number of amides is 2. The van der Waals surface area contributed by atoms with Crippen molar-refractivity contribution in [1.82, 2.24) is 10.0 Å². The van der Waals surface area contributed by atoms with E-state index in [1.165, 1.54) is 41.7 Å². The molecule has 0 bridgehead atoms. The van der Waals surface area contributed by atoms with Crippen LogP contribution in [-0.2, 0) is 16.6 Å². The van der Waals surface area contributed by atoms with Crippen LogP contribution in [0.5, 0.6) is 0 Å². The minimum absolute atomic E-state index is 0.154. The summed E-state index contributed by atoms with van der Waals surface area (Å²) in [6.07, 6.45) is 0. The Kier molecular flexibility index (Phi) is 5.91. The van der Waals surface area contributed by atoms with Crippen LogP contribution in [0.4, 0.5) is 0 Å². The van der Waals surface area contributed by atoms with Gasteiger partial charge < -0.3 is 5.32 Å². The number of hydrogen-bond donors (Lipinski definition) is 2. The lowest BCUT2D eigenvalue weighted by atomic mass is 10.1. The molecule has 0 atom stereocenters. The lowest BCUT2D eigenvalue weighted by Crippen LogP contribution is -2.30. The molecule has 2 aromatic carbocycles. The van der Waals surface area contributed by atoms with Crippen molar-refractivity contribution in [2.45, 2.75) is 18.4 Å². The molecule has 1 aromatic heterocycles. The lowest BCUT2D eigenvalue weighted by molar-refractivity contribution is 0.0949. The smallest absolute Gasteiger partial charge is 0.265 e. The predicted octanol–water partition coefficient (Wildman–Crippen LogP) is 3.11. The van der Waals surface area contributed by atoms with E-state index < -0.39 is 21.8 Å². The van der Waals surface area contributed by atoms with Gasteiger partial charge in [0.1, 0.15) is 0 Å². The van der Waals surface area contributed by atoms with Gasteiger partial charge in [0, 0.05) is 17.5 Å². The van der Waals surface area contributed by atoms with Crippen molar-refractivity contribution in [3.8, 4) is 0 Å². The average molecular weight is 415 g/mol. The zero-order valence-electron chi connectivity index (χ0n) is 15.0. The van der Waals surface area contributed by atoms with Gasteiger partial charge >= 0.3 is 0 Å². The first-order chi connectivity index (χ1) is 13.3. The molecule has 0 radical (unpaired) electrons. The Labute approximate surface area is 167 Å². The molecule has 3 rings (SSSR count). The highest BCUT2D eigenvalue weighted by atomic mass is 32.2. The van der Waals surface area contributed by atoms with Gasteiger partial charge in [-0.1, -0.05) is 35.9 Å². The number of rotatable bonds is 6. The summed E-state index contributed by atoms with van der Waals surface area (Å²) in [5, 5.41) is 5.99. The van der Waals surface area contributed by atoms with Gasteiger partial charge in [-0.25, -0.2) is 13.1 Å². The first kappa shape index (κ1) is 19.8. The van der Waals surface area contributed by atoms with E-state index in [9.17, 15) is 18.0 Å². The van der Waals surface area contributed by atoms with Gasteiger partial charge in [0.05, 0.1) is 10.5 Å². The zero-order valence-corrected chi connectivity index (χ0v) is 16.6. The van der Waals surface area contributed by atoms with Gasteiger partial charge in [-0.3, -0.25) is 9.59 Å². The van der Waals surface area contributed by atoms with Crippen LogP contribution in [0.1, 0.15) is 31.8 Å². The van der Waals surface area contributed by atoms with Gasteiger partial charge in [0.2, 0.25) is 0 Å². The minimum Gasteiger partial charge on any atom is -0.348 e. The second kappa shape index (κ2) is 8.37. The van der Waals surface area contributed by atoms with Crippen LogP contribution in [0.2, 0.25) is 0 Å². The molecule has 3 aromatic rings. The summed E-state index contributed by atoms with van der Waals surface area (Å²) < 4.78 is 26.9. The minimum atomic E-state index is -4.09. The van der Waals surface area contributed by atoms with Crippen LogP contribution < -0.4 is 10.0 Å². The molecular weight excluding hydrogens is 396 g/mol. The number of sulfonamides is 1. The highest BCUT2D eigenvalue weighted by molar-refractivity contribution is 7.90. The maximum absolute atomic E-state index is 12.5. The quantitative estimate of drug-likeness (QED) is 0.648. The number of carbonyl (C=O) groups excluding carboxylic acids is 2. The van der Waals surface area contributed by atoms with Crippen molar-refractivity contribution in [3.05, 3.63) is 87.6 Å². The summed E-state index contributed by atoms with van der Waals surface area (Å²) in [5.41, 5.74) is 2.52. The Morgan fingerprint density at radius 1 is 0.964 bits per heavy atom. The lowest BCUT2D eigenvalue weighted by Gasteiger charge is -2.09. The molecule has 144 valence electrons. The third-order valence-electron chi connectivity index (χ3n) is 3.99. The van der Waals surface area contributed by atoms with Crippen molar-refractivity contribution in [1.29, 1.82) is 0 Å². The van der Waals surface area contributed by atoms with Gasteiger partial charge in [0.25, 0.3) is 21.8 Å². The zero-order chi connectivity index (χ0) is 20.1. The fourth-order valence-electron chi connectivity index (χ4n) is 2.43. The summed E-state index contributed by atoms with van der Waals surface area (Å²) in [6, 6.07) is 14.8. The molecule has 2 N–H and O–H groups in total.